The maximum absolute atomic E-state index is 11.2. The molecule has 2 N–H and O–H groups in total. The van der Waals surface area contributed by atoms with Gasteiger partial charge >= 0.3 is 6.09 Å². The molecule has 1 amide bonds. The molecule has 1 atom stereocenters. The minimum atomic E-state index is -0.448. The Bertz CT molecular complexity index is 477. The zero-order valence-electron chi connectivity index (χ0n) is 12.2. The molecule has 1 heterocycles. The van der Waals surface area contributed by atoms with E-state index in [0.717, 1.165) is 23.5 Å². The third-order valence-corrected chi connectivity index (χ3v) is 4.90. The summed E-state index contributed by atoms with van der Waals surface area (Å²) in [7, 11) is 1.36. The zero-order valence-corrected chi connectivity index (χ0v) is 13.0. The summed E-state index contributed by atoms with van der Waals surface area (Å²) in [5.41, 5.74) is 2.15. The molecule has 1 unspecified atom stereocenters. The second-order valence-corrected chi connectivity index (χ2v) is 6.95. The van der Waals surface area contributed by atoms with E-state index in [-0.39, 0.29) is 0 Å². The molecule has 4 nitrogen and oxygen atoms in total. The monoisotopic (exact) mass is 294 g/mol. The van der Waals surface area contributed by atoms with Crippen LogP contribution in [0.5, 0.6) is 0 Å². The fraction of sp³-hybridized carbons (Fsp3) is 0.533. The summed E-state index contributed by atoms with van der Waals surface area (Å²) in [4.78, 5) is 11.2. The van der Waals surface area contributed by atoms with Crippen molar-refractivity contribution in [2.75, 3.05) is 29.2 Å². The number of thioether (sulfide) groups is 1. The Morgan fingerprint density at radius 3 is 2.85 bits per heavy atom. The van der Waals surface area contributed by atoms with E-state index in [2.05, 4.69) is 29.2 Å². The third-order valence-electron chi connectivity index (χ3n) is 3.28. The third kappa shape index (κ3) is 4.34. The summed E-state index contributed by atoms with van der Waals surface area (Å²) in [6.45, 7) is 4.62. The Labute approximate surface area is 124 Å². The molecule has 2 rings (SSSR count). The van der Waals surface area contributed by atoms with E-state index in [1.165, 1.54) is 12.9 Å². The molecule has 0 aliphatic carbocycles. The van der Waals surface area contributed by atoms with Crippen molar-refractivity contribution in [1.82, 2.24) is 0 Å². The average Bonchev–Trinajstić information content (AvgIpc) is 2.37. The number of rotatable bonds is 3. The molecular formula is C15H22N2O2S. The fourth-order valence-corrected chi connectivity index (χ4v) is 3.72. The van der Waals surface area contributed by atoms with E-state index in [4.69, 9.17) is 0 Å². The normalized spacial score (nSPS) is 21.1. The van der Waals surface area contributed by atoms with Crippen LogP contribution in [0.2, 0.25) is 0 Å². The molecule has 20 heavy (non-hydrogen) atoms. The van der Waals surface area contributed by atoms with Crippen molar-refractivity contribution >= 4 is 29.2 Å². The Morgan fingerprint density at radius 2 is 2.15 bits per heavy atom. The highest BCUT2D eigenvalue weighted by Gasteiger charge is 2.28. The molecule has 1 aromatic rings. The molecule has 1 saturated heterocycles. The molecule has 1 fully saturated rings. The van der Waals surface area contributed by atoms with Crippen LogP contribution in [-0.4, -0.2) is 30.8 Å². The lowest BCUT2D eigenvalue weighted by molar-refractivity contribution is 0.187. The van der Waals surface area contributed by atoms with Crippen molar-refractivity contribution in [2.45, 2.75) is 26.3 Å². The van der Waals surface area contributed by atoms with Gasteiger partial charge in [-0.3, -0.25) is 5.32 Å². The van der Waals surface area contributed by atoms with Crippen LogP contribution in [0, 0.1) is 5.41 Å². The van der Waals surface area contributed by atoms with Crippen molar-refractivity contribution in [1.29, 1.82) is 0 Å². The summed E-state index contributed by atoms with van der Waals surface area (Å²) in [6.07, 6.45) is 0.714. The lowest BCUT2D eigenvalue weighted by Crippen LogP contribution is -2.35. The number of nitrogens with one attached hydrogen (secondary N) is 2. The first-order valence-corrected chi connectivity index (χ1v) is 7.93. The Kier molecular flexibility index (Phi) is 4.81. The summed E-state index contributed by atoms with van der Waals surface area (Å²) >= 11 is 2.00. The number of hydrogen-bond acceptors (Lipinski definition) is 4. The number of hydrogen-bond donors (Lipinski definition) is 2. The van der Waals surface area contributed by atoms with Gasteiger partial charge in [-0.1, -0.05) is 19.9 Å². The molecule has 0 radical (unpaired) electrons. The highest BCUT2D eigenvalue weighted by Crippen LogP contribution is 2.34. The van der Waals surface area contributed by atoms with Gasteiger partial charge in [-0.2, -0.15) is 11.8 Å². The lowest BCUT2D eigenvalue weighted by Gasteiger charge is -2.35. The van der Waals surface area contributed by atoms with Crippen molar-refractivity contribution in [3.63, 3.8) is 0 Å². The molecular weight excluding hydrogens is 272 g/mol. The molecule has 0 spiro atoms. The van der Waals surface area contributed by atoms with Gasteiger partial charge in [0.15, 0.2) is 0 Å². The van der Waals surface area contributed by atoms with Crippen LogP contribution >= 0.6 is 11.8 Å². The Morgan fingerprint density at radius 1 is 1.40 bits per heavy atom. The standard InChI is InChI=1S/C15H22N2O2S/c1-15(2)8-13(9-20-10-15)16-11-5-4-6-12(7-11)17-14(18)19-3/h4-7,13,16H,8-10H2,1-3H3,(H,17,18). The zero-order chi connectivity index (χ0) is 14.6. The predicted molar refractivity (Wildman–Crippen MR) is 85.6 cm³/mol. The number of ether oxygens (including phenoxy) is 1. The number of benzene rings is 1. The smallest absolute Gasteiger partial charge is 0.411 e. The molecule has 0 saturated carbocycles. The van der Waals surface area contributed by atoms with Crippen LogP contribution in [0.15, 0.2) is 24.3 Å². The van der Waals surface area contributed by atoms with E-state index in [1.807, 2.05) is 36.0 Å². The van der Waals surface area contributed by atoms with Crippen molar-refractivity contribution < 1.29 is 9.53 Å². The summed E-state index contributed by atoms with van der Waals surface area (Å²) in [5.74, 6) is 2.34. The van der Waals surface area contributed by atoms with E-state index in [1.54, 1.807) is 0 Å². The number of amides is 1. The largest absolute Gasteiger partial charge is 0.453 e. The van der Waals surface area contributed by atoms with Crippen molar-refractivity contribution in [3.8, 4) is 0 Å². The first kappa shape index (κ1) is 15.0. The quantitative estimate of drug-likeness (QED) is 0.890. The summed E-state index contributed by atoms with van der Waals surface area (Å²) in [5, 5.41) is 6.23. The number of carbonyl (C=O) groups excluding carboxylic acids is 1. The first-order chi connectivity index (χ1) is 9.48. The van der Waals surface area contributed by atoms with Crippen LogP contribution in [0.25, 0.3) is 0 Å². The Hall–Kier alpha value is -1.36. The highest BCUT2D eigenvalue weighted by atomic mass is 32.2. The van der Waals surface area contributed by atoms with Crippen molar-refractivity contribution in [2.24, 2.45) is 5.41 Å². The van der Waals surface area contributed by atoms with Gasteiger partial charge in [0, 0.05) is 23.2 Å². The van der Waals surface area contributed by atoms with Gasteiger partial charge in [0.1, 0.15) is 0 Å². The molecule has 1 aromatic carbocycles. The van der Waals surface area contributed by atoms with Gasteiger partial charge in [-0.05, 0) is 35.8 Å². The van der Waals surface area contributed by atoms with Gasteiger partial charge in [0.05, 0.1) is 7.11 Å². The van der Waals surface area contributed by atoms with Crippen molar-refractivity contribution in [3.05, 3.63) is 24.3 Å². The molecule has 1 aliphatic rings. The maximum Gasteiger partial charge on any atom is 0.411 e. The molecule has 0 aromatic heterocycles. The van der Waals surface area contributed by atoms with Crippen LogP contribution in [-0.2, 0) is 4.74 Å². The van der Waals surface area contributed by atoms with Gasteiger partial charge < -0.3 is 10.1 Å². The SMILES string of the molecule is COC(=O)Nc1cccc(NC2CSCC(C)(C)C2)c1. The van der Waals surface area contributed by atoms with Crippen LogP contribution in [0.4, 0.5) is 16.2 Å². The van der Waals surface area contributed by atoms with Gasteiger partial charge in [-0.25, -0.2) is 4.79 Å². The van der Waals surface area contributed by atoms with E-state index in [9.17, 15) is 4.79 Å². The van der Waals surface area contributed by atoms with Crippen LogP contribution < -0.4 is 10.6 Å². The van der Waals surface area contributed by atoms with Gasteiger partial charge in [0.2, 0.25) is 0 Å². The van der Waals surface area contributed by atoms with Gasteiger partial charge in [-0.15, -0.1) is 0 Å². The topological polar surface area (TPSA) is 50.4 Å². The number of carbonyl (C=O) groups is 1. The first-order valence-electron chi connectivity index (χ1n) is 6.78. The van der Waals surface area contributed by atoms with Crippen LogP contribution in [0.1, 0.15) is 20.3 Å². The predicted octanol–water partition coefficient (Wildman–Crippen LogP) is 3.81. The highest BCUT2D eigenvalue weighted by molar-refractivity contribution is 7.99. The average molecular weight is 294 g/mol. The minimum absolute atomic E-state index is 0.377. The lowest BCUT2D eigenvalue weighted by atomic mass is 9.88. The Balaban J connectivity index is 1.99. The van der Waals surface area contributed by atoms with E-state index >= 15 is 0 Å². The molecule has 0 bridgehead atoms. The summed E-state index contributed by atoms with van der Waals surface area (Å²) < 4.78 is 4.60. The minimum Gasteiger partial charge on any atom is -0.453 e. The van der Waals surface area contributed by atoms with E-state index in [0.29, 0.717) is 11.5 Å². The number of anilines is 2. The summed E-state index contributed by atoms with van der Waals surface area (Å²) in [6, 6.07) is 8.20. The molecule has 1 aliphatic heterocycles. The van der Waals surface area contributed by atoms with Gasteiger partial charge in [0.25, 0.3) is 0 Å². The van der Waals surface area contributed by atoms with E-state index < -0.39 is 6.09 Å². The molecule has 110 valence electrons. The molecule has 5 heteroatoms. The second-order valence-electron chi connectivity index (χ2n) is 5.92. The fourth-order valence-electron chi connectivity index (χ4n) is 2.45. The number of methoxy groups -OCH3 is 1. The van der Waals surface area contributed by atoms with Crippen LogP contribution in [0.3, 0.4) is 0 Å². The maximum atomic E-state index is 11.2. The second kappa shape index (κ2) is 6.39.